The van der Waals surface area contributed by atoms with E-state index < -0.39 is 15.6 Å². The highest BCUT2D eigenvalue weighted by molar-refractivity contribution is 7.91. The van der Waals surface area contributed by atoms with Crippen LogP contribution in [-0.4, -0.2) is 20.0 Å². The Morgan fingerprint density at radius 2 is 1.22 bits per heavy atom. The monoisotopic (exact) mass is 334 g/mol. The highest BCUT2D eigenvalue weighted by Gasteiger charge is 2.18. The minimum Gasteiger partial charge on any atom is -0.293 e. The molecule has 0 bridgehead atoms. The van der Waals surface area contributed by atoms with E-state index in [4.69, 9.17) is 0 Å². The van der Waals surface area contributed by atoms with Gasteiger partial charge in [0.05, 0.1) is 5.75 Å². The first-order valence-electron chi connectivity index (χ1n) is 7.89. The van der Waals surface area contributed by atoms with Crippen LogP contribution in [0.15, 0.2) is 60.7 Å². The molecule has 2 rings (SSSR count). The van der Waals surface area contributed by atoms with Gasteiger partial charge in [-0.25, -0.2) is 8.42 Å². The predicted molar refractivity (Wildman–Crippen MR) is 97.4 cm³/mol. The van der Waals surface area contributed by atoms with Crippen molar-refractivity contribution in [3.63, 3.8) is 0 Å². The van der Waals surface area contributed by atoms with Crippen LogP contribution in [0.3, 0.4) is 0 Å². The zero-order chi connectivity index (χ0) is 17.7. The number of ketones is 1. The standard InChI is InChI=1S/C15H14O3S.2C2H6/c16-15(14-9-5-2-6-10-14)12-19(17,18)11-13-7-3-1-4-8-13;2*1-2/h1-10H,11-12H2;2*1-2H3. The van der Waals surface area contributed by atoms with Crippen molar-refractivity contribution in [2.24, 2.45) is 0 Å². The van der Waals surface area contributed by atoms with Gasteiger partial charge in [-0.15, -0.1) is 0 Å². The molecule has 0 spiro atoms. The van der Waals surface area contributed by atoms with Crippen LogP contribution in [0.5, 0.6) is 0 Å². The molecule has 0 aliphatic rings. The molecular weight excluding hydrogens is 308 g/mol. The Morgan fingerprint density at radius 1 is 0.783 bits per heavy atom. The molecule has 23 heavy (non-hydrogen) atoms. The summed E-state index contributed by atoms with van der Waals surface area (Å²) in [4.78, 5) is 11.9. The number of rotatable bonds is 5. The summed E-state index contributed by atoms with van der Waals surface area (Å²) < 4.78 is 23.9. The first-order chi connectivity index (χ1) is 11.1. The summed E-state index contributed by atoms with van der Waals surface area (Å²) in [6.45, 7) is 8.00. The van der Waals surface area contributed by atoms with E-state index in [-0.39, 0.29) is 11.5 Å². The summed E-state index contributed by atoms with van der Waals surface area (Å²) in [6, 6.07) is 17.3. The Bertz CT molecular complexity index is 648. The van der Waals surface area contributed by atoms with Crippen molar-refractivity contribution in [3.8, 4) is 0 Å². The Morgan fingerprint density at radius 3 is 1.70 bits per heavy atom. The minimum atomic E-state index is -3.43. The normalized spacial score (nSPS) is 9.74. The van der Waals surface area contributed by atoms with Crippen molar-refractivity contribution in [2.45, 2.75) is 33.4 Å². The lowest BCUT2D eigenvalue weighted by atomic mass is 10.2. The molecule has 126 valence electrons. The van der Waals surface area contributed by atoms with E-state index in [0.29, 0.717) is 11.1 Å². The lowest BCUT2D eigenvalue weighted by Crippen LogP contribution is -2.17. The molecule has 0 amide bonds. The van der Waals surface area contributed by atoms with Crippen LogP contribution >= 0.6 is 0 Å². The van der Waals surface area contributed by atoms with E-state index in [1.807, 2.05) is 33.8 Å². The average Bonchev–Trinajstić information content (AvgIpc) is 2.59. The third-order valence-electron chi connectivity index (χ3n) is 2.68. The number of Topliss-reactive ketones (excluding diaryl/α,β-unsaturated/α-hetero) is 1. The van der Waals surface area contributed by atoms with Crippen molar-refractivity contribution in [1.82, 2.24) is 0 Å². The molecule has 0 unspecified atom stereocenters. The Kier molecular flexibility index (Phi) is 10.6. The molecule has 3 nitrogen and oxygen atoms in total. The SMILES string of the molecule is CC.CC.O=C(CS(=O)(=O)Cc1ccccc1)c1ccccc1. The van der Waals surface area contributed by atoms with E-state index in [2.05, 4.69) is 0 Å². The van der Waals surface area contributed by atoms with Crippen LogP contribution < -0.4 is 0 Å². The number of hydrogen-bond donors (Lipinski definition) is 0. The van der Waals surface area contributed by atoms with Gasteiger partial charge in [0, 0.05) is 5.56 Å². The molecule has 4 heteroatoms. The fourth-order valence-electron chi connectivity index (χ4n) is 1.79. The van der Waals surface area contributed by atoms with Crippen molar-refractivity contribution >= 4 is 15.6 Å². The number of benzene rings is 2. The number of sulfone groups is 1. The Labute approximate surface area is 140 Å². The topological polar surface area (TPSA) is 51.2 Å². The maximum Gasteiger partial charge on any atom is 0.177 e. The van der Waals surface area contributed by atoms with Crippen LogP contribution in [0.25, 0.3) is 0 Å². The molecule has 0 radical (unpaired) electrons. The second-order valence-electron chi connectivity index (χ2n) is 4.31. The maximum atomic E-state index is 12.0. The van der Waals surface area contributed by atoms with Crippen LogP contribution in [0, 0.1) is 0 Å². The van der Waals surface area contributed by atoms with Gasteiger partial charge in [0.25, 0.3) is 0 Å². The van der Waals surface area contributed by atoms with Crippen molar-refractivity contribution < 1.29 is 13.2 Å². The fraction of sp³-hybridized carbons (Fsp3) is 0.316. The molecule has 2 aromatic rings. The van der Waals surface area contributed by atoms with Gasteiger partial charge in [-0.3, -0.25) is 4.79 Å². The van der Waals surface area contributed by atoms with Gasteiger partial charge in [-0.05, 0) is 5.56 Å². The fourth-order valence-corrected chi connectivity index (χ4v) is 3.15. The summed E-state index contributed by atoms with van der Waals surface area (Å²) in [5.41, 5.74) is 1.13. The molecular formula is C19H26O3S. The largest absolute Gasteiger partial charge is 0.293 e. The summed E-state index contributed by atoms with van der Waals surface area (Å²) in [6.07, 6.45) is 0. The molecule has 0 N–H and O–H groups in total. The van der Waals surface area contributed by atoms with Crippen LogP contribution in [0.1, 0.15) is 43.6 Å². The minimum absolute atomic E-state index is 0.105. The van der Waals surface area contributed by atoms with Gasteiger partial charge < -0.3 is 0 Å². The maximum absolute atomic E-state index is 12.0. The molecule has 0 atom stereocenters. The highest BCUT2D eigenvalue weighted by atomic mass is 32.2. The second kappa shape index (κ2) is 11.6. The summed E-state index contributed by atoms with van der Waals surface area (Å²) >= 11 is 0. The smallest absolute Gasteiger partial charge is 0.177 e. The van der Waals surface area contributed by atoms with Crippen LogP contribution in [0.4, 0.5) is 0 Å². The van der Waals surface area contributed by atoms with Gasteiger partial charge in [-0.2, -0.15) is 0 Å². The van der Waals surface area contributed by atoms with Crippen molar-refractivity contribution in [3.05, 3.63) is 71.8 Å². The van der Waals surface area contributed by atoms with E-state index in [1.54, 1.807) is 54.6 Å². The molecule has 2 aromatic carbocycles. The zero-order valence-corrected chi connectivity index (χ0v) is 15.1. The number of carbonyl (C=O) groups excluding carboxylic acids is 1. The summed E-state index contributed by atoms with van der Waals surface area (Å²) in [5, 5.41) is 0. The summed E-state index contributed by atoms with van der Waals surface area (Å²) in [7, 11) is -3.43. The van der Waals surface area contributed by atoms with Crippen molar-refractivity contribution in [1.29, 1.82) is 0 Å². The van der Waals surface area contributed by atoms with Gasteiger partial charge in [0.15, 0.2) is 15.6 Å². The number of carbonyl (C=O) groups is 1. The van der Waals surface area contributed by atoms with Crippen LogP contribution in [-0.2, 0) is 15.6 Å². The highest BCUT2D eigenvalue weighted by Crippen LogP contribution is 2.09. The quantitative estimate of drug-likeness (QED) is 0.754. The Balaban J connectivity index is 0.00000112. The molecule has 0 saturated carbocycles. The molecule has 0 saturated heterocycles. The van der Waals surface area contributed by atoms with Crippen LogP contribution in [0.2, 0.25) is 0 Å². The predicted octanol–water partition coefficient (Wildman–Crippen LogP) is 4.54. The average molecular weight is 334 g/mol. The van der Waals surface area contributed by atoms with Gasteiger partial charge >= 0.3 is 0 Å². The van der Waals surface area contributed by atoms with E-state index in [1.165, 1.54) is 0 Å². The zero-order valence-electron chi connectivity index (χ0n) is 14.3. The third-order valence-corrected chi connectivity index (χ3v) is 4.15. The first kappa shape index (κ1) is 21.1. The van der Waals surface area contributed by atoms with Gasteiger partial charge in [0.1, 0.15) is 5.75 Å². The lowest BCUT2D eigenvalue weighted by Gasteiger charge is -2.04. The van der Waals surface area contributed by atoms with Gasteiger partial charge in [0.2, 0.25) is 0 Å². The number of hydrogen-bond acceptors (Lipinski definition) is 3. The molecule has 0 aliphatic carbocycles. The molecule has 0 fully saturated rings. The lowest BCUT2D eigenvalue weighted by molar-refractivity contribution is 0.102. The van der Waals surface area contributed by atoms with Crippen molar-refractivity contribution in [2.75, 3.05) is 5.75 Å². The van der Waals surface area contributed by atoms with E-state index in [0.717, 1.165) is 0 Å². The first-order valence-corrected chi connectivity index (χ1v) is 9.71. The Hall–Kier alpha value is -1.94. The third kappa shape index (κ3) is 8.31. The molecule has 0 aromatic heterocycles. The van der Waals surface area contributed by atoms with E-state index >= 15 is 0 Å². The molecule has 0 heterocycles. The molecule has 0 aliphatic heterocycles. The van der Waals surface area contributed by atoms with Gasteiger partial charge in [-0.1, -0.05) is 88.4 Å². The van der Waals surface area contributed by atoms with E-state index in [9.17, 15) is 13.2 Å². The second-order valence-corrected chi connectivity index (χ2v) is 6.37. The summed E-state index contributed by atoms with van der Waals surface area (Å²) in [5.74, 6) is -0.922.